The monoisotopic (exact) mass is 393 g/mol. The molecule has 0 bridgehead atoms. The number of rotatable bonds is 4. The molecule has 1 fully saturated rings. The molecular formula is C18H23N3O5S. The topological polar surface area (TPSA) is 92.2 Å². The molecule has 0 atom stereocenters. The number of aromatic nitrogens is 1. The second kappa shape index (κ2) is 7.69. The van der Waals surface area contributed by atoms with Gasteiger partial charge in [0.15, 0.2) is 0 Å². The molecule has 0 spiro atoms. The third-order valence-electron chi connectivity index (χ3n) is 4.02. The van der Waals surface area contributed by atoms with Crippen molar-refractivity contribution in [1.82, 2.24) is 14.8 Å². The van der Waals surface area contributed by atoms with Crippen LogP contribution in [0.25, 0.3) is 10.2 Å². The number of carboxylic acids is 1. The summed E-state index contributed by atoms with van der Waals surface area (Å²) in [5.74, 6) is -0.978. The van der Waals surface area contributed by atoms with Crippen LogP contribution in [0, 0.1) is 0 Å². The Kier molecular flexibility index (Phi) is 5.52. The number of thiazole rings is 1. The van der Waals surface area contributed by atoms with E-state index in [9.17, 15) is 14.7 Å². The van der Waals surface area contributed by atoms with E-state index >= 15 is 0 Å². The summed E-state index contributed by atoms with van der Waals surface area (Å²) in [6.07, 6.45) is -0.296. The van der Waals surface area contributed by atoms with E-state index in [1.165, 1.54) is 11.3 Å². The third-order valence-corrected chi connectivity index (χ3v) is 5.04. The van der Waals surface area contributed by atoms with E-state index in [2.05, 4.69) is 9.88 Å². The molecule has 1 aliphatic heterocycles. The first-order valence-corrected chi connectivity index (χ1v) is 9.50. The van der Waals surface area contributed by atoms with Gasteiger partial charge in [-0.2, -0.15) is 0 Å². The summed E-state index contributed by atoms with van der Waals surface area (Å²) in [6.45, 7) is 8.37. The van der Waals surface area contributed by atoms with Gasteiger partial charge in [0.25, 0.3) is 5.19 Å². The zero-order valence-corrected chi connectivity index (χ0v) is 16.4. The number of piperazine rings is 1. The largest absolute Gasteiger partial charge is 0.478 e. The van der Waals surface area contributed by atoms with Gasteiger partial charge < -0.3 is 19.5 Å². The zero-order valence-electron chi connectivity index (χ0n) is 15.6. The predicted octanol–water partition coefficient (Wildman–Crippen LogP) is 2.88. The molecule has 146 valence electrons. The minimum atomic E-state index is -0.978. The number of benzene rings is 1. The van der Waals surface area contributed by atoms with Crippen LogP contribution in [0.15, 0.2) is 18.2 Å². The maximum absolute atomic E-state index is 12.1. The lowest BCUT2D eigenvalue weighted by atomic mass is 10.2. The molecule has 2 heterocycles. The van der Waals surface area contributed by atoms with Gasteiger partial charge in [-0.25, -0.2) is 14.6 Å². The first kappa shape index (κ1) is 19.4. The Balaban J connectivity index is 1.53. The molecule has 0 aliphatic carbocycles. The van der Waals surface area contributed by atoms with Crippen LogP contribution >= 0.6 is 11.3 Å². The lowest BCUT2D eigenvalue weighted by molar-refractivity contribution is 0.00680. The van der Waals surface area contributed by atoms with Crippen LogP contribution in [0.3, 0.4) is 0 Å². The number of fused-ring (bicyclic) bond motifs is 1. The standard InChI is InChI=1S/C18H23N3O5S/c1-18(2,3)26-17(24)21-9-7-20(8-10-21)11-25-16-19-13-6-4-5-12(15(22)23)14(13)27-16/h4-6H,7-11H2,1-3H3,(H,22,23). The van der Waals surface area contributed by atoms with Gasteiger partial charge in [-0.05, 0) is 32.9 Å². The average Bonchev–Trinajstić information content (AvgIpc) is 3.01. The smallest absolute Gasteiger partial charge is 0.410 e. The van der Waals surface area contributed by atoms with Crippen LogP contribution in [0.2, 0.25) is 0 Å². The molecule has 1 amide bonds. The average molecular weight is 393 g/mol. The molecule has 0 saturated carbocycles. The van der Waals surface area contributed by atoms with Crippen molar-refractivity contribution < 1.29 is 24.2 Å². The Labute approximate surface area is 161 Å². The molecule has 3 rings (SSSR count). The second-order valence-corrected chi connectivity index (χ2v) is 8.26. The lowest BCUT2D eigenvalue weighted by Crippen LogP contribution is -2.50. The summed E-state index contributed by atoms with van der Waals surface area (Å²) < 4.78 is 11.7. The number of aromatic carboxylic acids is 1. The Morgan fingerprint density at radius 3 is 2.56 bits per heavy atom. The molecule has 1 saturated heterocycles. The van der Waals surface area contributed by atoms with Crippen molar-refractivity contribution >= 4 is 33.6 Å². The Hall–Kier alpha value is -2.39. The molecule has 1 aromatic carbocycles. The van der Waals surface area contributed by atoms with Crippen LogP contribution in [0.5, 0.6) is 5.19 Å². The van der Waals surface area contributed by atoms with Gasteiger partial charge in [0.1, 0.15) is 12.3 Å². The first-order valence-electron chi connectivity index (χ1n) is 8.69. The quantitative estimate of drug-likeness (QED) is 0.854. The van der Waals surface area contributed by atoms with Gasteiger partial charge >= 0.3 is 12.1 Å². The summed E-state index contributed by atoms with van der Waals surface area (Å²) in [7, 11) is 0. The zero-order chi connectivity index (χ0) is 19.6. The van der Waals surface area contributed by atoms with Crippen molar-refractivity contribution in [2.45, 2.75) is 26.4 Å². The summed E-state index contributed by atoms with van der Waals surface area (Å²) in [6, 6.07) is 5.00. The van der Waals surface area contributed by atoms with Crippen molar-refractivity contribution in [3.05, 3.63) is 23.8 Å². The van der Waals surface area contributed by atoms with Gasteiger partial charge in [0, 0.05) is 26.2 Å². The number of carboxylic acid groups (broad SMARTS) is 1. The highest BCUT2D eigenvalue weighted by Gasteiger charge is 2.26. The number of carbonyl (C=O) groups excluding carboxylic acids is 1. The molecule has 0 unspecified atom stereocenters. The summed E-state index contributed by atoms with van der Waals surface area (Å²) in [5.41, 5.74) is 0.342. The molecular weight excluding hydrogens is 370 g/mol. The molecule has 1 N–H and O–H groups in total. The van der Waals surface area contributed by atoms with Crippen LogP contribution < -0.4 is 4.74 Å². The maximum atomic E-state index is 12.1. The van der Waals surface area contributed by atoms with Crippen molar-refractivity contribution in [2.75, 3.05) is 32.9 Å². The first-order chi connectivity index (χ1) is 12.7. The minimum absolute atomic E-state index is 0.228. The van der Waals surface area contributed by atoms with E-state index in [-0.39, 0.29) is 11.7 Å². The highest BCUT2D eigenvalue weighted by Crippen LogP contribution is 2.30. The highest BCUT2D eigenvalue weighted by atomic mass is 32.1. The summed E-state index contributed by atoms with van der Waals surface area (Å²) >= 11 is 1.23. The summed E-state index contributed by atoms with van der Waals surface area (Å²) in [5, 5.41) is 9.69. The predicted molar refractivity (Wildman–Crippen MR) is 101 cm³/mol. The third kappa shape index (κ3) is 4.86. The second-order valence-electron chi connectivity index (χ2n) is 7.30. The van der Waals surface area contributed by atoms with Gasteiger partial charge in [0.05, 0.1) is 15.8 Å². The number of hydrogen-bond acceptors (Lipinski definition) is 7. The van der Waals surface area contributed by atoms with Crippen LogP contribution in [0.4, 0.5) is 4.79 Å². The maximum Gasteiger partial charge on any atom is 0.410 e. The molecule has 8 nitrogen and oxygen atoms in total. The van der Waals surface area contributed by atoms with E-state index in [1.807, 2.05) is 20.8 Å². The van der Waals surface area contributed by atoms with Crippen molar-refractivity contribution in [3.63, 3.8) is 0 Å². The highest BCUT2D eigenvalue weighted by molar-refractivity contribution is 7.20. The van der Waals surface area contributed by atoms with Gasteiger partial charge in [-0.1, -0.05) is 17.4 Å². The van der Waals surface area contributed by atoms with E-state index in [1.54, 1.807) is 23.1 Å². The Morgan fingerprint density at radius 1 is 1.22 bits per heavy atom. The molecule has 27 heavy (non-hydrogen) atoms. The fourth-order valence-electron chi connectivity index (χ4n) is 2.69. The van der Waals surface area contributed by atoms with Gasteiger partial charge in [0.2, 0.25) is 0 Å². The van der Waals surface area contributed by atoms with Crippen molar-refractivity contribution in [2.24, 2.45) is 0 Å². The normalized spacial score (nSPS) is 15.7. The van der Waals surface area contributed by atoms with E-state index in [0.29, 0.717) is 48.3 Å². The molecule has 9 heteroatoms. The van der Waals surface area contributed by atoms with Crippen molar-refractivity contribution in [1.29, 1.82) is 0 Å². The Morgan fingerprint density at radius 2 is 1.93 bits per heavy atom. The molecule has 1 aromatic heterocycles. The molecule has 0 radical (unpaired) electrons. The fourth-order valence-corrected chi connectivity index (χ4v) is 3.61. The van der Waals surface area contributed by atoms with E-state index < -0.39 is 11.6 Å². The number of carbonyl (C=O) groups is 2. The van der Waals surface area contributed by atoms with Crippen LogP contribution in [-0.2, 0) is 4.74 Å². The van der Waals surface area contributed by atoms with Crippen LogP contribution in [-0.4, -0.2) is 70.5 Å². The van der Waals surface area contributed by atoms with Crippen molar-refractivity contribution in [3.8, 4) is 5.19 Å². The molecule has 2 aromatic rings. The number of amides is 1. The van der Waals surface area contributed by atoms with E-state index in [0.717, 1.165) is 0 Å². The number of ether oxygens (including phenoxy) is 2. The van der Waals surface area contributed by atoms with Gasteiger partial charge in [-0.15, -0.1) is 0 Å². The lowest BCUT2D eigenvalue weighted by Gasteiger charge is -2.35. The van der Waals surface area contributed by atoms with Crippen LogP contribution in [0.1, 0.15) is 31.1 Å². The van der Waals surface area contributed by atoms with Gasteiger partial charge in [-0.3, -0.25) is 4.90 Å². The van der Waals surface area contributed by atoms with E-state index in [4.69, 9.17) is 9.47 Å². The fraction of sp³-hybridized carbons (Fsp3) is 0.500. The Bertz CT molecular complexity index is 837. The SMILES string of the molecule is CC(C)(C)OC(=O)N1CCN(COc2nc3cccc(C(=O)O)c3s2)CC1. The number of nitrogens with zero attached hydrogens (tertiary/aromatic N) is 3. The molecule has 1 aliphatic rings. The number of hydrogen-bond donors (Lipinski definition) is 1. The minimum Gasteiger partial charge on any atom is -0.478 e. The summed E-state index contributed by atoms with van der Waals surface area (Å²) in [4.78, 5) is 31.5.